The number of carbonyl (C=O) groups is 1. The van der Waals surface area contributed by atoms with Crippen LogP contribution in [0.1, 0.15) is 37.1 Å². The second-order valence-electron chi connectivity index (χ2n) is 6.47. The van der Waals surface area contributed by atoms with Crippen LogP contribution in [0.5, 0.6) is 11.5 Å². The third kappa shape index (κ3) is 4.68. The number of nitrogens with one attached hydrogen (secondary N) is 1. The Labute approximate surface area is 158 Å². The summed E-state index contributed by atoms with van der Waals surface area (Å²) in [6, 6.07) is 13.6. The van der Waals surface area contributed by atoms with Crippen LogP contribution in [0.25, 0.3) is 0 Å². The summed E-state index contributed by atoms with van der Waals surface area (Å²) in [6.07, 6.45) is 0. The number of carbonyl (C=O) groups excluding carboxylic acids is 1. The normalized spacial score (nSPS) is 15.2. The van der Waals surface area contributed by atoms with E-state index in [1.165, 1.54) is 0 Å². The molecule has 6 heteroatoms. The maximum Gasteiger partial charge on any atom is 0.275 e. The molecule has 2 aromatic rings. The van der Waals surface area contributed by atoms with Gasteiger partial charge in [0.25, 0.3) is 5.91 Å². The molecule has 1 aliphatic heterocycles. The van der Waals surface area contributed by atoms with Crippen LogP contribution in [0.2, 0.25) is 5.02 Å². The van der Waals surface area contributed by atoms with E-state index in [0.717, 1.165) is 22.6 Å². The summed E-state index contributed by atoms with van der Waals surface area (Å²) in [4.78, 5) is 12.3. The second kappa shape index (κ2) is 8.43. The molecule has 138 valence electrons. The molecule has 0 aromatic heterocycles. The summed E-state index contributed by atoms with van der Waals surface area (Å²) in [6.45, 7) is 5.51. The molecule has 0 saturated heterocycles. The Morgan fingerprint density at radius 1 is 1.08 bits per heavy atom. The predicted octanol–water partition coefficient (Wildman–Crippen LogP) is 2.61. The molecule has 0 radical (unpaired) electrons. The van der Waals surface area contributed by atoms with Gasteiger partial charge in [0.1, 0.15) is 19.3 Å². The van der Waals surface area contributed by atoms with Crippen LogP contribution < -0.4 is 20.1 Å². The molecule has 3 N–H and O–H groups in total. The topological polar surface area (TPSA) is 64.2 Å². The van der Waals surface area contributed by atoms with Crippen LogP contribution in [0, 0.1) is 0 Å². The quantitative estimate of drug-likeness (QED) is 0.815. The zero-order valence-electron chi connectivity index (χ0n) is 15.0. The minimum atomic E-state index is -0.0995. The lowest BCUT2D eigenvalue weighted by Crippen LogP contribution is -2.87. The Hall–Kier alpha value is -2.24. The molecule has 2 atom stereocenters. The zero-order valence-corrected chi connectivity index (χ0v) is 15.8. The maximum atomic E-state index is 12.3. The summed E-state index contributed by atoms with van der Waals surface area (Å²) in [5.74, 6) is 1.48. The average molecular weight is 376 g/mol. The minimum Gasteiger partial charge on any atom is -0.486 e. The van der Waals surface area contributed by atoms with Gasteiger partial charge in [0, 0.05) is 10.6 Å². The van der Waals surface area contributed by atoms with E-state index in [2.05, 4.69) is 12.2 Å². The molecule has 0 bridgehead atoms. The molecular weight excluding hydrogens is 352 g/mol. The van der Waals surface area contributed by atoms with Gasteiger partial charge in [-0.05, 0) is 43.7 Å². The van der Waals surface area contributed by atoms with Crippen molar-refractivity contribution in [2.75, 3.05) is 19.8 Å². The summed E-state index contributed by atoms with van der Waals surface area (Å²) in [5, 5.41) is 5.76. The number of hydrogen-bond donors (Lipinski definition) is 2. The third-order valence-electron chi connectivity index (χ3n) is 4.50. The van der Waals surface area contributed by atoms with Crippen LogP contribution in [0.15, 0.2) is 42.5 Å². The molecule has 2 aromatic carbocycles. The van der Waals surface area contributed by atoms with Gasteiger partial charge in [-0.25, -0.2) is 0 Å². The Morgan fingerprint density at radius 2 is 1.73 bits per heavy atom. The first-order valence-electron chi connectivity index (χ1n) is 8.80. The molecule has 0 spiro atoms. The summed E-state index contributed by atoms with van der Waals surface area (Å²) >= 11 is 5.91. The third-order valence-corrected chi connectivity index (χ3v) is 4.75. The standard InChI is InChI=1S/C20H23ClN2O3/c1-13(15-3-6-17(21)7-4-15)22-12-20(24)23-14(2)16-5-8-18-19(11-16)26-10-9-25-18/h3-8,11,13-14,22H,9-10,12H2,1-2H3,(H,23,24)/p+1/t13-,14+/m0/s1. The van der Waals surface area contributed by atoms with Gasteiger partial charge in [0.2, 0.25) is 0 Å². The highest BCUT2D eigenvalue weighted by atomic mass is 35.5. The van der Waals surface area contributed by atoms with Gasteiger partial charge in [0.15, 0.2) is 18.0 Å². The molecule has 0 unspecified atom stereocenters. The van der Waals surface area contributed by atoms with Crippen molar-refractivity contribution in [3.63, 3.8) is 0 Å². The van der Waals surface area contributed by atoms with E-state index in [9.17, 15) is 4.79 Å². The van der Waals surface area contributed by atoms with E-state index in [0.29, 0.717) is 24.8 Å². The number of quaternary nitrogens is 1. The van der Waals surface area contributed by atoms with Crippen LogP contribution >= 0.6 is 11.6 Å². The average Bonchev–Trinajstić information content (AvgIpc) is 2.66. The van der Waals surface area contributed by atoms with Gasteiger partial charge < -0.3 is 20.1 Å². The number of ether oxygens (including phenoxy) is 2. The fourth-order valence-electron chi connectivity index (χ4n) is 2.90. The molecule has 26 heavy (non-hydrogen) atoms. The number of rotatable bonds is 6. The number of fused-ring (bicyclic) bond motifs is 1. The Kier molecular flexibility index (Phi) is 6.01. The van der Waals surface area contributed by atoms with Crippen LogP contribution in [-0.4, -0.2) is 25.7 Å². The first-order chi connectivity index (χ1) is 12.5. The van der Waals surface area contributed by atoms with E-state index in [-0.39, 0.29) is 18.0 Å². The summed E-state index contributed by atoms with van der Waals surface area (Å²) in [5.41, 5.74) is 2.13. The monoisotopic (exact) mass is 375 g/mol. The Bertz CT molecular complexity index is 764. The molecule has 1 heterocycles. The van der Waals surface area contributed by atoms with Gasteiger partial charge in [-0.15, -0.1) is 0 Å². The van der Waals surface area contributed by atoms with Crippen molar-refractivity contribution in [1.29, 1.82) is 0 Å². The SMILES string of the molecule is C[C@H]([NH2+]CC(=O)N[C@H](C)c1ccc2c(c1)OCCO2)c1ccc(Cl)cc1. The highest BCUT2D eigenvalue weighted by Crippen LogP contribution is 2.32. The summed E-state index contributed by atoms with van der Waals surface area (Å²) in [7, 11) is 0. The molecule has 1 aliphatic rings. The van der Waals surface area contributed by atoms with Gasteiger partial charge in [-0.3, -0.25) is 4.79 Å². The molecule has 1 amide bonds. The lowest BCUT2D eigenvalue weighted by molar-refractivity contribution is -0.682. The van der Waals surface area contributed by atoms with Gasteiger partial charge in [-0.1, -0.05) is 29.8 Å². The van der Waals surface area contributed by atoms with E-state index >= 15 is 0 Å². The highest BCUT2D eigenvalue weighted by molar-refractivity contribution is 6.30. The van der Waals surface area contributed by atoms with Crippen LogP contribution in [-0.2, 0) is 4.79 Å². The molecule has 0 aliphatic carbocycles. The van der Waals surface area contributed by atoms with Crippen LogP contribution in [0.3, 0.4) is 0 Å². The largest absolute Gasteiger partial charge is 0.486 e. The lowest BCUT2D eigenvalue weighted by atomic mass is 10.1. The molecule has 0 fully saturated rings. The van der Waals surface area contributed by atoms with E-state index < -0.39 is 0 Å². The smallest absolute Gasteiger partial charge is 0.275 e. The number of benzene rings is 2. The number of halogens is 1. The van der Waals surface area contributed by atoms with E-state index in [1.54, 1.807) is 0 Å². The van der Waals surface area contributed by atoms with Crippen molar-refractivity contribution < 1.29 is 19.6 Å². The number of hydrogen-bond acceptors (Lipinski definition) is 3. The van der Waals surface area contributed by atoms with Crippen molar-refractivity contribution in [2.24, 2.45) is 0 Å². The maximum absolute atomic E-state index is 12.3. The Balaban J connectivity index is 1.52. The molecular formula is C20H24ClN2O3+. The van der Waals surface area contributed by atoms with Gasteiger partial charge in [0.05, 0.1) is 6.04 Å². The highest BCUT2D eigenvalue weighted by Gasteiger charge is 2.17. The van der Waals surface area contributed by atoms with E-state index in [4.69, 9.17) is 21.1 Å². The zero-order chi connectivity index (χ0) is 18.5. The second-order valence-corrected chi connectivity index (χ2v) is 6.91. The van der Waals surface area contributed by atoms with Crippen molar-refractivity contribution in [1.82, 2.24) is 5.32 Å². The number of nitrogens with two attached hydrogens (primary N) is 1. The van der Waals surface area contributed by atoms with Gasteiger partial charge in [-0.2, -0.15) is 0 Å². The molecule has 0 saturated carbocycles. The van der Waals surface area contributed by atoms with Crippen LogP contribution in [0.4, 0.5) is 0 Å². The first-order valence-corrected chi connectivity index (χ1v) is 9.18. The number of amides is 1. The lowest BCUT2D eigenvalue weighted by Gasteiger charge is -2.21. The van der Waals surface area contributed by atoms with Crippen molar-refractivity contribution in [2.45, 2.75) is 25.9 Å². The van der Waals surface area contributed by atoms with Crippen molar-refractivity contribution >= 4 is 17.5 Å². The molecule has 3 rings (SSSR count). The Morgan fingerprint density at radius 3 is 2.46 bits per heavy atom. The van der Waals surface area contributed by atoms with Crippen molar-refractivity contribution in [3.05, 3.63) is 58.6 Å². The minimum absolute atomic E-state index is 0.00629. The first kappa shape index (κ1) is 18.5. The fraction of sp³-hybridized carbons (Fsp3) is 0.350. The van der Waals surface area contributed by atoms with Crippen molar-refractivity contribution in [3.8, 4) is 11.5 Å². The van der Waals surface area contributed by atoms with Gasteiger partial charge >= 0.3 is 0 Å². The predicted molar refractivity (Wildman–Crippen MR) is 101 cm³/mol. The van der Waals surface area contributed by atoms with E-state index in [1.807, 2.05) is 54.7 Å². The fourth-order valence-corrected chi connectivity index (χ4v) is 3.03. The molecule has 5 nitrogen and oxygen atoms in total. The summed E-state index contributed by atoms with van der Waals surface area (Å²) < 4.78 is 11.1.